The van der Waals surface area contributed by atoms with Crippen LogP contribution in [-0.4, -0.2) is 15.2 Å². The maximum atomic E-state index is 11.6. The van der Waals surface area contributed by atoms with E-state index in [0.29, 0.717) is 21.5 Å². The molecule has 6 heteroatoms. The van der Waals surface area contributed by atoms with E-state index >= 15 is 0 Å². The Morgan fingerprint density at radius 3 is 2.93 bits per heavy atom. The average Bonchev–Trinajstić information content (AvgIpc) is 2.66. The Labute approximate surface area is 95.0 Å². The Hall–Kier alpha value is -1.20. The molecule has 0 atom stereocenters. The van der Waals surface area contributed by atoms with Crippen molar-refractivity contribution in [1.29, 1.82) is 0 Å². The van der Waals surface area contributed by atoms with Crippen molar-refractivity contribution in [3.8, 4) is 10.6 Å². The van der Waals surface area contributed by atoms with Crippen molar-refractivity contribution in [2.45, 2.75) is 12.8 Å². The van der Waals surface area contributed by atoms with Crippen molar-refractivity contribution < 1.29 is 0 Å². The first-order valence-electron chi connectivity index (χ1n) is 4.29. The Balaban J connectivity index is 2.49. The molecule has 2 aromatic rings. The number of nitrogens with one attached hydrogen (secondary N) is 1. The highest BCUT2D eigenvalue weighted by Gasteiger charge is 2.09. The molecule has 0 saturated carbocycles. The van der Waals surface area contributed by atoms with Gasteiger partial charge in [-0.15, -0.1) is 21.8 Å². The second-order valence-corrected chi connectivity index (χ2v) is 4.36. The molecule has 0 aliphatic rings. The van der Waals surface area contributed by atoms with Crippen LogP contribution in [0.25, 0.3) is 10.6 Å². The van der Waals surface area contributed by atoms with Gasteiger partial charge in [-0.3, -0.25) is 4.79 Å². The molecule has 0 amide bonds. The molecule has 4 nitrogen and oxygen atoms in total. The Bertz CT molecular complexity index is 534. The van der Waals surface area contributed by atoms with E-state index in [1.807, 2.05) is 6.92 Å². The highest BCUT2D eigenvalue weighted by Crippen LogP contribution is 2.20. The third-order valence-electron chi connectivity index (χ3n) is 1.87. The topological polar surface area (TPSA) is 58.6 Å². The molecule has 15 heavy (non-hydrogen) atoms. The van der Waals surface area contributed by atoms with Crippen molar-refractivity contribution >= 4 is 22.9 Å². The number of H-pyrrole nitrogens is 1. The quantitative estimate of drug-likeness (QED) is 0.818. The van der Waals surface area contributed by atoms with Gasteiger partial charge in [0.05, 0.1) is 11.4 Å². The van der Waals surface area contributed by atoms with Crippen molar-refractivity contribution in [2.75, 3.05) is 0 Å². The molecule has 0 bridgehead atoms. The molecule has 0 aliphatic heterocycles. The fraction of sp³-hybridized carbons (Fsp3) is 0.222. The van der Waals surface area contributed by atoms with Crippen LogP contribution in [0.2, 0.25) is 0 Å². The fourth-order valence-electron chi connectivity index (χ4n) is 1.16. The minimum Gasteiger partial charge on any atom is -0.364 e. The normalized spacial score (nSPS) is 10.5. The van der Waals surface area contributed by atoms with Gasteiger partial charge in [-0.1, -0.05) is 11.3 Å². The van der Waals surface area contributed by atoms with Gasteiger partial charge in [0.15, 0.2) is 10.4 Å². The summed E-state index contributed by atoms with van der Waals surface area (Å²) in [6.07, 6.45) is 1.65. The van der Waals surface area contributed by atoms with Crippen molar-refractivity contribution in [3.63, 3.8) is 0 Å². The SMILES string of the molecule is Cc1cc(=O)c(-c2nnc(CCl)s2)c[nH]1. The van der Waals surface area contributed by atoms with E-state index in [1.165, 1.54) is 17.4 Å². The molecular weight excluding hydrogens is 234 g/mol. The lowest BCUT2D eigenvalue weighted by atomic mass is 10.2. The Morgan fingerprint density at radius 2 is 2.33 bits per heavy atom. The Kier molecular flexibility index (Phi) is 2.83. The molecule has 2 rings (SSSR count). The van der Waals surface area contributed by atoms with Crippen molar-refractivity contribution in [2.24, 2.45) is 0 Å². The number of aryl methyl sites for hydroxylation is 1. The second-order valence-electron chi connectivity index (χ2n) is 3.03. The number of halogens is 1. The molecule has 2 heterocycles. The summed E-state index contributed by atoms with van der Waals surface area (Å²) in [5.41, 5.74) is 1.31. The standard InChI is InChI=1S/C9H8ClN3OS/c1-5-2-7(14)6(4-11-5)9-13-12-8(3-10)15-9/h2,4H,3H2,1H3,(H,11,14). The smallest absolute Gasteiger partial charge is 0.192 e. The summed E-state index contributed by atoms with van der Waals surface area (Å²) in [6.45, 7) is 1.83. The van der Waals surface area contributed by atoms with Crippen LogP contribution in [0.15, 0.2) is 17.1 Å². The predicted molar refractivity (Wildman–Crippen MR) is 60.3 cm³/mol. The number of hydrogen-bond donors (Lipinski definition) is 1. The third kappa shape index (κ3) is 2.08. The summed E-state index contributed by atoms with van der Waals surface area (Å²) < 4.78 is 0. The maximum Gasteiger partial charge on any atom is 0.192 e. The van der Waals surface area contributed by atoms with Gasteiger partial charge in [-0.2, -0.15) is 0 Å². The molecule has 0 unspecified atom stereocenters. The molecule has 0 spiro atoms. The largest absolute Gasteiger partial charge is 0.364 e. The number of hydrogen-bond acceptors (Lipinski definition) is 4. The van der Waals surface area contributed by atoms with E-state index in [9.17, 15) is 4.79 Å². The zero-order chi connectivity index (χ0) is 10.8. The van der Waals surface area contributed by atoms with Gasteiger partial charge in [0.25, 0.3) is 0 Å². The number of rotatable bonds is 2. The van der Waals surface area contributed by atoms with Gasteiger partial charge in [-0.05, 0) is 6.92 Å². The minimum absolute atomic E-state index is 0.0523. The van der Waals surface area contributed by atoms with E-state index in [2.05, 4.69) is 15.2 Å². The van der Waals surface area contributed by atoms with Gasteiger partial charge in [0.2, 0.25) is 0 Å². The van der Waals surface area contributed by atoms with Gasteiger partial charge >= 0.3 is 0 Å². The van der Waals surface area contributed by atoms with Gasteiger partial charge in [-0.25, -0.2) is 0 Å². The molecule has 0 radical (unpaired) electrons. The molecule has 0 saturated heterocycles. The summed E-state index contributed by atoms with van der Waals surface area (Å²) in [5, 5.41) is 9.09. The zero-order valence-corrected chi connectivity index (χ0v) is 9.52. The maximum absolute atomic E-state index is 11.6. The van der Waals surface area contributed by atoms with Crippen LogP contribution >= 0.6 is 22.9 Å². The molecule has 0 fully saturated rings. The molecule has 2 aromatic heterocycles. The minimum atomic E-state index is -0.0523. The van der Waals surface area contributed by atoms with Crippen LogP contribution < -0.4 is 5.43 Å². The lowest BCUT2D eigenvalue weighted by molar-refractivity contribution is 1.04. The van der Waals surface area contributed by atoms with Gasteiger partial charge in [0.1, 0.15) is 5.01 Å². The highest BCUT2D eigenvalue weighted by atomic mass is 35.5. The third-order valence-corrected chi connectivity index (χ3v) is 3.24. The molecule has 0 aromatic carbocycles. The van der Waals surface area contributed by atoms with Crippen LogP contribution in [0.3, 0.4) is 0 Å². The monoisotopic (exact) mass is 241 g/mol. The number of nitrogens with zero attached hydrogens (tertiary/aromatic N) is 2. The van der Waals surface area contributed by atoms with Gasteiger partial charge < -0.3 is 4.98 Å². The summed E-state index contributed by atoms with van der Waals surface area (Å²) in [5.74, 6) is 0.321. The van der Waals surface area contributed by atoms with E-state index in [4.69, 9.17) is 11.6 Å². The van der Waals surface area contributed by atoms with E-state index in [1.54, 1.807) is 6.20 Å². The van der Waals surface area contributed by atoms with E-state index in [-0.39, 0.29) is 5.43 Å². The van der Waals surface area contributed by atoms with E-state index < -0.39 is 0 Å². The Morgan fingerprint density at radius 1 is 1.53 bits per heavy atom. The van der Waals surface area contributed by atoms with Crippen LogP contribution in [-0.2, 0) is 5.88 Å². The van der Waals surface area contributed by atoms with Crippen molar-refractivity contribution in [1.82, 2.24) is 15.2 Å². The second kappa shape index (κ2) is 4.12. The molecule has 0 aliphatic carbocycles. The molecular formula is C9H8ClN3OS. The molecule has 1 N–H and O–H groups in total. The number of pyridine rings is 1. The summed E-state index contributed by atoms with van der Waals surface area (Å²) in [7, 11) is 0. The highest BCUT2D eigenvalue weighted by molar-refractivity contribution is 7.14. The first kappa shape index (κ1) is 10.3. The van der Waals surface area contributed by atoms with Crippen LogP contribution in [0.4, 0.5) is 0 Å². The molecule has 78 valence electrons. The zero-order valence-electron chi connectivity index (χ0n) is 7.95. The predicted octanol–water partition coefficient (Wildman–Crippen LogP) is 1.94. The van der Waals surface area contributed by atoms with Crippen LogP contribution in [0.5, 0.6) is 0 Å². The van der Waals surface area contributed by atoms with Crippen LogP contribution in [0, 0.1) is 6.92 Å². The fourth-order valence-corrected chi connectivity index (χ4v) is 2.08. The first-order chi connectivity index (χ1) is 7.20. The average molecular weight is 242 g/mol. The summed E-state index contributed by atoms with van der Waals surface area (Å²) in [4.78, 5) is 14.6. The summed E-state index contributed by atoms with van der Waals surface area (Å²) >= 11 is 6.95. The van der Waals surface area contributed by atoms with Crippen LogP contribution in [0.1, 0.15) is 10.7 Å². The lowest BCUT2D eigenvalue weighted by Gasteiger charge is -1.95. The van der Waals surface area contributed by atoms with E-state index in [0.717, 1.165) is 5.69 Å². The summed E-state index contributed by atoms with van der Waals surface area (Å²) in [6, 6.07) is 1.54. The number of aromatic amines is 1. The van der Waals surface area contributed by atoms with Gasteiger partial charge in [0, 0.05) is 18.0 Å². The number of aromatic nitrogens is 3. The van der Waals surface area contributed by atoms with Crippen molar-refractivity contribution in [3.05, 3.63) is 33.2 Å². The first-order valence-corrected chi connectivity index (χ1v) is 5.64. The number of alkyl halides is 1. The lowest BCUT2D eigenvalue weighted by Crippen LogP contribution is -2.04.